The fourth-order valence-corrected chi connectivity index (χ4v) is 8.76. The SMILES string of the molecule is CC(C)(C)OC(=O)Nc1scc[c]1[Sn]([CH3])([CH3])[CH3]. The molecule has 0 bridgehead atoms. The van der Waals surface area contributed by atoms with Gasteiger partial charge in [-0.05, 0) is 0 Å². The van der Waals surface area contributed by atoms with Crippen molar-refractivity contribution in [2.24, 2.45) is 0 Å². The van der Waals surface area contributed by atoms with Crippen molar-refractivity contribution in [2.75, 3.05) is 5.32 Å². The van der Waals surface area contributed by atoms with Crippen molar-refractivity contribution in [1.82, 2.24) is 0 Å². The monoisotopic (exact) mass is 363 g/mol. The second kappa shape index (κ2) is 5.18. The van der Waals surface area contributed by atoms with Gasteiger partial charge in [-0.2, -0.15) is 0 Å². The third-order valence-electron chi connectivity index (χ3n) is 2.09. The molecular formula is C12H21NO2SSn. The number of rotatable bonds is 2. The molecule has 0 spiro atoms. The molecule has 0 radical (unpaired) electrons. The number of amides is 1. The second-order valence-corrected chi connectivity index (χ2v) is 21.3. The van der Waals surface area contributed by atoms with Crippen LogP contribution in [0.25, 0.3) is 0 Å². The number of ether oxygens (including phenoxy) is 1. The van der Waals surface area contributed by atoms with Gasteiger partial charge in [-0.3, -0.25) is 0 Å². The van der Waals surface area contributed by atoms with Gasteiger partial charge in [-0.25, -0.2) is 0 Å². The van der Waals surface area contributed by atoms with Crippen LogP contribution in [0.1, 0.15) is 20.8 Å². The van der Waals surface area contributed by atoms with Crippen molar-refractivity contribution in [3.63, 3.8) is 0 Å². The molecule has 0 aromatic carbocycles. The molecule has 0 aliphatic heterocycles. The summed E-state index contributed by atoms with van der Waals surface area (Å²) < 4.78 is 6.60. The van der Waals surface area contributed by atoms with Crippen molar-refractivity contribution in [3.05, 3.63) is 11.4 Å². The third kappa shape index (κ3) is 4.87. The fraction of sp³-hybridized carbons (Fsp3) is 0.583. The Kier molecular flexibility index (Phi) is 4.52. The van der Waals surface area contributed by atoms with Crippen LogP contribution in [0.3, 0.4) is 0 Å². The molecule has 0 atom stereocenters. The Bertz CT molecular complexity index is 401. The van der Waals surface area contributed by atoms with E-state index in [0.29, 0.717) is 0 Å². The summed E-state index contributed by atoms with van der Waals surface area (Å²) in [6.45, 7) is 5.60. The zero-order valence-electron chi connectivity index (χ0n) is 11.4. The zero-order chi connectivity index (χ0) is 13.3. The summed E-state index contributed by atoms with van der Waals surface area (Å²) in [4.78, 5) is 18.7. The van der Waals surface area contributed by atoms with E-state index in [9.17, 15) is 4.79 Å². The third-order valence-corrected chi connectivity index (χ3v) is 9.24. The molecule has 17 heavy (non-hydrogen) atoms. The van der Waals surface area contributed by atoms with E-state index in [-0.39, 0.29) is 6.09 Å². The molecule has 0 unspecified atom stereocenters. The van der Waals surface area contributed by atoms with Crippen LogP contribution in [0.15, 0.2) is 11.4 Å². The van der Waals surface area contributed by atoms with Crippen LogP contribution in [-0.2, 0) is 4.74 Å². The van der Waals surface area contributed by atoms with Crippen LogP contribution < -0.4 is 8.90 Å². The van der Waals surface area contributed by atoms with Gasteiger partial charge in [0.05, 0.1) is 0 Å². The van der Waals surface area contributed by atoms with Crippen LogP contribution in [0.4, 0.5) is 9.80 Å². The van der Waals surface area contributed by atoms with E-state index in [4.69, 9.17) is 4.74 Å². The summed E-state index contributed by atoms with van der Waals surface area (Å²) in [6, 6.07) is 2.13. The van der Waals surface area contributed by atoms with Gasteiger partial charge >= 0.3 is 112 Å². The first kappa shape index (κ1) is 14.8. The first-order valence-corrected chi connectivity index (χ1v) is 16.5. The molecule has 1 N–H and O–H groups in total. The Balaban J connectivity index is 2.77. The maximum absolute atomic E-state index is 11.7. The molecular weight excluding hydrogens is 341 g/mol. The predicted octanol–water partition coefficient (Wildman–Crippen LogP) is 3.64. The van der Waals surface area contributed by atoms with Crippen LogP contribution in [-0.4, -0.2) is 30.1 Å². The average Bonchev–Trinajstić information content (AvgIpc) is 2.46. The minimum atomic E-state index is -2.14. The van der Waals surface area contributed by atoms with Gasteiger partial charge in [-0.15, -0.1) is 0 Å². The standard InChI is InChI=1S/C9H12NO2S.3CH3.Sn/c1-9(2,3)12-8(11)10-7-5-4-6-13-7;;;;/h4,6H,1-3H3,(H,10,11);3*1H3;. The number of nitrogens with one attached hydrogen (secondary N) is 1. The molecule has 1 aromatic rings. The van der Waals surface area contributed by atoms with E-state index in [0.717, 1.165) is 5.00 Å². The van der Waals surface area contributed by atoms with E-state index < -0.39 is 24.0 Å². The van der Waals surface area contributed by atoms with Crippen LogP contribution in [0.5, 0.6) is 0 Å². The number of hydrogen-bond acceptors (Lipinski definition) is 3. The van der Waals surface area contributed by atoms with E-state index in [1.54, 1.807) is 11.3 Å². The Morgan fingerprint density at radius 2 is 1.94 bits per heavy atom. The number of carbonyl (C=O) groups excluding carboxylic acids is 1. The van der Waals surface area contributed by atoms with Crippen molar-refractivity contribution in [2.45, 2.75) is 41.2 Å². The van der Waals surface area contributed by atoms with Gasteiger partial charge in [0, 0.05) is 0 Å². The zero-order valence-corrected chi connectivity index (χ0v) is 15.1. The number of hydrogen-bond donors (Lipinski definition) is 1. The van der Waals surface area contributed by atoms with E-state index in [1.807, 2.05) is 26.2 Å². The summed E-state index contributed by atoms with van der Waals surface area (Å²) in [6.07, 6.45) is -0.364. The van der Waals surface area contributed by atoms with Gasteiger partial charge in [-0.1, -0.05) is 0 Å². The van der Waals surface area contributed by atoms with Gasteiger partial charge in [0.2, 0.25) is 0 Å². The van der Waals surface area contributed by atoms with Crippen LogP contribution >= 0.6 is 11.3 Å². The Hall–Kier alpha value is -0.231. The summed E-state index contributed by atoms with van der Waals surface area (Å²) in [7, 11) is 0. The topological polar surface area (TPSA) is 38.3 Å². The summed E-state index contributed by atoms with van der Waals surface area (Å²) in [5.41, 5.74) is -0.452. The molecule has 0 saturated carbocycles. The molecule has 1 amide bonds. The number of anilines is 1. The first-order valence-electron chi connectivity index (χ1n) is 5.67. The summed E-state index contributed by atoms with van der Waals surface area (Å²) >= 11 is -0.571. The molecule has 1 rings (SSSR count). The fourth-order valence-electron chi connectivity index (χ4n) is 1.39. The van der Waals surface area contributed by atoms with Crippen LogP contribution in [0.2, 0.25) is 14.8 Å². The molecule has 1 heterocycles. The molecule has 5 heteroatoms. The quantitative estimate of drug-likeness (QED) is 0.816. The normalized spacial score (nSPS) is 12.4. The summed E-state index contributed by atoms with van der Waals surface area (Å²) in [5, 5.41) is 5.86. The molecule has 1 aromatic heterocycles. The Morgan fingerprint density at radius 3 is 2.41 bits per heavy atom. The molecule has 3 nitrogen and oxygen atoms in total. The van der Waals surface area contributed by atoms with E-state index in [2.05, 4.69) is 26.2 Å². The predicted molar refractivity (Wildman–Crippen MR) is 77.2 cm³/mol. The van der Waals surface area contributed by atoms with Crippen molar-refractivity contribution >= 4 is 44.4 Å². The maximum atomic E-state index is 11.7. The molecule has 0 aliphatic rings. The number of carbonyl (C=O) groups is 1. The van der Waals surface area contributed by atoms with Gasteiger partial charge < -0.3 is 0 Å². The Morgan fingerprint density at radius 1 is 1.35 bits per heavy atom. The van der Waals surface area contributed by atoms with E-state index in [1.165, 1.54) is 3.58 Å². The van der Waals surface area contributed by atoms with Crippen molar-refractivity contribution < 1.29 is 9.53 Å². The van der Waals surface area contributed by atoms with E-state index >= 15 is 0 Å². The second-order valence-electron chi connectivity index (χ2n) is 6.04. The summed E-state index contributed by atoms with van der Waals surface area (Å²) in [5.74, 6) is 0. The molecule has 96 valence electrons. The molecule has 0 fully saturated rings. The molecule has 0 saturated heterocycles. The van der Waals surface area contributed by atoms with Gasteiger partial charge in [0.15, 0.2) is 0 Å². The first-order chi connectivity index (χ1) is 7.59. The Labute approximate surface area is 111 Å². The van der Waals surface area contributed by atoms with Crippen molar-refractivity contribution in [1.29, 1.82) is 0 Å². The van der Waals surface area contributed by atoms with Gasteiger partial charge in [0.1, 0.15) is 0 Å². The van der Waals surface area contributed by atoms with Gasteiger partial charge in [0.25, 0.3) is 0 Å². The molecule has 0 aliphatic carbocycles. The number of thiophene rings is 1. The average molecular weight is 362 g/mol. The minimum absolute atomic E-state index is 0.364. The van der Waals surface area contributed by atoms with Crippen LogP contribution in [0, 0.1) is 0 Å². The van der Waals surface area contributed by atoms with Crippen molar-refractivity contribution in [3.8, 4) is 0 Å².